The van der Waals surface area contributed by atoms with Gasteiger partial charge in [-0.15, -0.1) is 24.8 Å². The lowest BCUT2D eigenvalue weighted by Crippen LogP contribution is -2.46. The Kier molecular flexibility index (Phi) is 8.30. The first-order chi connectivity index (χ1) is 10.7. The zero-order valence-electron chi connectivity index (χ0n) is 14.0. The summed E-state index contributed by atoms with van der Waals surface area (Å²) >= 11 is 0. The van der Waals surface area contributed by atoms with E-state index in [1.165, 1.54) is 18.5 Å². The van der Waals surface area contributed by atoms with E-state index in [4.69, 9.17) is 10.5 Å². The number of carbonyl (C=O) groups is 1. The van der Waals surface area contributed by atoms with Crippen LogP contribution < -0.4 is 15.5 Å². The monoisotopic (exact) mass is 375 g/mol. The summed E-state index contributed by atoms with van der Waals surface area (Å²) in [6.07, 6.45) is 2.81. The number of amides is 1. The SMILES string of the molecule is COC(CN)CC(=O)N1CCN(CC2CC2)c2ccccc21.Cl.Cl. The van der Waals surface area contributed by atoms with E-state index in [-0.39, 0.29) is 36.8 Å². The predicted octanol–water partition coefficient (Wildman–Crippen LogP) is 2.46. The molecular formula is C17H27Cl2N3O2. The van der Waals surface area contributed by atoms with Gasteiger partial charge in [-0.3, -0.25) is 4.79 Å². The third-order valence-electron chi connectivity index (χ3n) is 4.58. The number of halogens is 2. The summed E-state index contributed by atoms with van der Waals surface area (Å²) in [4.78, 5) is 16.9. The highest BCUT2D eigenvalue weighted by molar-refractivity contribution is 5.98. The lowest BCUT2D eigenvalue weighted by molar-refractivity contribution is -0.120. The fourth-order valence-electron chi connectivity index (χ4n) is 3.05. The Balaban J connectivity index is 0.00000144. The van der Waals surface area contributed by atoms with Gasteiger partial charge in [-0.1, -0.05) is 12.1 Å². The molecule has 1 saturated carbocycles. The summed E-state index contributed by atoms with van der Waals surface area (Å²) in [7, 11) is 1.60. The Labute approximate surface area is 156 Å². The molecule has 3 rings (SSSR count). The van der Waals surface area contributed by atoms with Crippen molar-refractivity contribution in [3.05, 3.63) is 24.3 Å². The van der Waals surface area contributed by atoms with E-state index in [2.05, 4.69) is 11.0 Å². The minimum absolute atomic E-state index is 0. The fourth-order valence-corrected chi connectivity index (χ4v) is 3.05. The number of methoxy groups -OCH3 is 1. The number of nitrogens with two attached hydrogens (primary N) is 1. The maximum atomic E-state index is 12.6. The molecule has 1 fully saturated rings. The van der Waals surface area contributed by atoms with Crippen molar-refractivity contribution < 1.29 is 9.53 Å². The van der Waals surface area contributed by atoms with Crippen LogP contribution in [0, 0.1) is 5.92 Å². The minimum atomic E-state index is -0.204. The van der Waals surface area contributed by atoms with Gasteiger partial charge in [0.15, 0.2) is 0 Å². The maximum Gasteiger partial charge on any atom is 0.229 e. The highest BCUT2D eigenvalue weighted by Gasteiger charge is 2.31. The molecule has 2 aliphatic rings. The third kappa shape index (κ3) is 4.76. The van der Waals surface area contributed by atoms with Gasteiger partial charge in [0.1, 0.15) is 0 Å². The number of anilines is 2. The second-order valence-electron chi connectivity index (χ2n) is 6.22. The average Bonchev–Trinajstić information content (AvgIpc) is 3.36. The van der Waals surface area contributed by atoms with Crippen LogP contribution in [0.3, 0.4) is 0 Å². The number of para-hydroxylation sites is 2. The van der Waals surface area contributed by atoms with Gasteiger partial charge in [-0.25, -0.2) is 0 Å². The molecule has 1 unspecified atom stereocenters. The molecule has 136 valence electrons. The van der Waals surface area contributed by atoms with Crippen LogP contribution >= 0.6 is 24.8 Å². The molecule has 0 spiro atoms. The predicted molar refractivity (Wildman–Crippen MR) is 103 cm³/mol. The summed E-state index contributed by atoms with van der Waals surface area (Å²) in [6, 6.07) is 8.20. The molecule has 1 aliphatic heterocycles. The van der Waals surface area contributed by atoms with Gasteiger partial charge in [0, 0.05) is 33.3 Å². The molecule has 1 heterocycles. The van der Waals surface area contributed by atoms with Gasteiger partial charge in [-0.05, 0) is 30.9 Å². The van der Waals surface area contributed by atoms with Crippen molar-refractivity contribution in [3.63, 3.8) is 0 Å². The van der Waals surface area contributed by atoms with Gasteiger partial charge in [-0.2, -0.15) is 0 Å². The molecule has 0 aromatic heterocycles. The molecule has 24 heavy (non-hydrogen) atoms. The lowest BCUT2D eigenvalue weighted by atomic mass is 10.1. The topological polar surface area (TPSA) is 58.8 Å². The molecule has 0 saturated heterocycles. The van der Waals surface area contributed by atoms with Gasteiger partial charge in [0.25, 0.3) is 0 Å². The van der Waals surface area contributed by atoms with Crippen molar-refractivity contribution in [2.45, 2.75) is 25.4 Å². The molecular weight excluding hydrogens is 349 g/mol. The molecule has 1 aromatic carbocycles. The van der Waals surface area contributed by atoms with Crippen LogP contribution in [0.4, 0.5) is 11.4 Å². The van der Waals surface area contributed by atoms with E-state index in [9.17, 15) is 4.79 Å². The van der Waals surface area contributed by atoms with Crippen molar-refractivity contribution in [2.75, 3.05) is 43.1 Å². The number of ether oxygens (including phenoxy) is 1. The van der Waals surface area contributed by atoms with Crippen LogP contribution in [0.1, 0.15) is 19.3 Å². The number of rotatable bonds is 6. The number of nitrogens with zero attached hydrogens (tertiary/aromatic N) is 2. The number of carbonyl (C=O) groups excluding carboxylic acids is 1. The Hall–Kier alpha value is -1.01. The zero-order chi connectivity index (χ0) is 15.5. The molecule has 1 aromatic rings. The van der Waals surface area contributed by atoms with Crippen molar-refractivity contribution in [1.29, 1.82) is 0 Å². The van der Waals surface area contributed by atoms with Crippen LogP contribution in [-0.2, 0) is 9.53 Å². The van der Waals surface area contributed by atoms with Crippen molar-refractivity contribution in [3.8, 4) is 0 Å². The zero-order valence-corrected chi connectivity index (χ0v) is 15.7. The average molecular weight is 376 g/mol. The Morgan fingerprint density at radius 2 is 1.92 bits per heavy atom. The standard InChI is InChI=1S/C17H25N3O2.2ClH/c1-22-14(11-18)10-17(21)20-9-8-19(12-13-6-7-13)15-4-2-3-5-16(15)20;;/h2-5,13-14H,6-12,18H2,1H3;2*1H. The van der Waals surface area contributed by atoms with E-state index >= 15 is 0 Å². The van der Waals surface area contributed by atoms with E-state index in [1.54, 1.807) is 7.11 Å². The Morgan fingerprint density at radius 3 is 2.50 bits per heavy atom. The first-order valence-electron chi connectivity index (χ1n) is 8.10. The summed E-state index contributed by atoms with van der Waals surface area (Å²) < 4.78 is 5.25. The Morgan fingerprint density at radius 1 is 1.25 bits per heavy atom. The largest absolute Gasteiger partial charge is 0.380 e. The van der Waals surface area contributed by atoms with Crippen molar-refractivity contribution in [2.24, 2.45) is 11.7 Å². The highest BCUT2D eigenvalue weighted by atomic mass is 35.5. The van der Waals surface area contributed by atoms with Crippen molar-refractivity contribution in [1.82, 2.24) is 0 Å². The molecule has 0 radical (unpaired) electrons. The summed E-state index contributed by atoms with van der Waals surface area (Å²) in [5.41, 5.74) is 7.83. The number of hydrogen-bond donors (Lipinski definition) is 1. The molecule has 1 aliphatic carbocycles. The number of hydrogen-bond acceptors (Lipinski definition) is 4. The lowest BCUT2D eigenvalue weighted by Gasteiger charge is -2.38. The summed E-state index contributed by atoms with van der Waals surface area (Å²) in [6.45, 7) is 3.12. The molecule has 7 heteroatoms. The summed E-state index contributed by atoms with van der Waals surface area (Å²) in [5.74, 6) is 0.932. The van der Waals surface area contributed by atoms with E-state index in [0.717, 1.165) is 31.2 Å². The Bertz CT molecular complexity index is 536. The van der Waals surface area contributed by atoms with E-state index < -0.39 is 0 Å². The van der Waals surface area contributed by atoms with Crippen LogP contribution in [0.5, 0.6) is 0 Å². The molecule has 1 atom stereocenters. The van der Waals surface area contributed by atoms with Crippen LogP contribution in [0.15, 0.2) is 24.3 Å². The van der Waals surface area contributed by atoms with E-state index in [1.807, 2.05) is 23.1 Å². The van der Waals surface area contributed by atoms with Gasteiger partial charge < -0.3 is 20.3 Å². The summed E-state index contributed by atoms with van der Waals surface area (Å²) in [5, 5.41) is 0. The smallest absolute Gasteiger partial charge is 0.229 e. The van der Waals surface area contributed by atoms with Crippen LogP contribution in [-0.4, -0.2) is 45.3 Å². The maximum absolute atomic E-state index is 12.6. The fraction of sp³-hybridized carbons (Fsp3) is 0.588. The minimum Gasteiger partial charge on any atom is -0.380 e. The van der Waals surface area contributed by atoms with Crippen LogP contribution in [0.2, 0.25) is 0 Å². The molecule has 5 nitrogen and oxygen atoms in total. The third-order valence-corrected chi connectivity index (χ3v) is 4.58. The van der Waals surface area contributed by atoms with E-state index in [0.29, 0.717) is 13.0 Å². The second kappa shape index (κ2) is 9.47. The van der Waals surface area contributed by atoms with Gasteiger partial charge >= 0.3 is 0 Å². The molecule has 1 amide bonds. The molecule has 0 bridgehead atoms. The number of benzene rings is 1. The van der Waals surface area contributed by atoms with Gasteiger partial charge in [0.2, 0.25) is 5.91 Å². The van der Waals surface area contributed by atoms with Crippen molar-refractivity contribution >= 4 is 42.1 Å². The molecule has 2 N–H and O–H groups in total. The normalized spacial score (nSPS) is 17.4. The van der Waals surface area contributed by atoms with Gasteiger partial charge in [0.05, 0.1) is 23.9 Å². The second-order valence-corrected chi connectivity index (χ2v) is 6.22. The van der Waals surface area contributed by atoms with Crippen LogP contribution in [0.25, 0.3) is 0 Å². The first kappa shape index (κ1) is 21.0. The first-order valence-corrected chi connectivity index (χ1v) is 8.10. The quantitative estimate of drug-likeness (QED) is 0.829. The highest BCUT2D eigenvalue weighted by Crippen LogP contribution is 2.37. The number of fused-ring (bicyclic) bond motifs is 1.